The molecule has 2 rings (SSSR count). The fraction of sp³-hybridized carbons (Fsp3) is 0.250. The molecule has 0 radical (unpaired) electrons. The van der Waals surface area contributed by atoms with Gasteiger partial charge in [0.1, 0.15) is 0 Å². The predicted molar refractivity (Wildman–Crippen MR) is 67.1 cm³/mol. The maximum atomic E-state index is 9.41. The van der Waals surface area contributed by atoms with Gasteiger partial charge in [-0.05, 0) is 24.1 Å². The number of aromatic nitrogens is 1. The highest BCUT2D eigenvalue weighted by atomic mass is 35.5. The van der Waals surface area contributed by atoms with Crippen LogP contribution in [-0.4, -0.2) is 16.7 Å². The molecule has 2 aromatic rings. The van der Waals surface area contributed by atoms with Crippen LogP contribution in [0.25, 0.3) is 0 Å². The molecule has 0 aliphatic carbocycles. The van der Waals surface area contributed by atoms with Gasteiger partial charge in [0.2, 0.25) is 0 Å². The Labute approximate surface area is 104 Å². The largest absolute Gasteiger partial charge is 0.396 e. The molecule has 0 aliphatic rings. The Balaban J connectivity index is 2.16. The van der Waals surface area contributed by atoms with Crippen molar-refractivity contribution in [3.63, 3.8) is 0 Å². The van der Waals surface area contributed by atoms with Gasteiger partial charge in [0, 0.05) is 22.0 Å². The maximum Gasteiger partial charge on any atom is 0.0794 e. The summed E-state index contributed by atoms with van der Waals surface area (Å²) in [5.74, 6) is 0.0964. The second-order valence-electron chi connectivity index (χ2n) is 3.61. The van der Waals surface area contributed by atoms with Crippen LogP contribution in [0.4, 0.5) is 0 Å². The molecule has 2 nitrogen and oxygen atoms in total. The first-order valence-electron chi connectivity index (χ1n) is 5.03. The van der Waals surface area contributed by atoms with Gasteiger partial charge in [-0.25, -0.2) is 0 Å². The summed E-state index contributed by atoms with van der Waals surface area (Å²) in [4.78, 5) is 5.21. The second-order valence-corrected chi connectivity index (χ2v) is 5.01. The molecular weight excluding hydrogens is 242 g/mol. The first kappa shape index (κ1) is 11.6. The molecule has 1 unspecified atom stereocenters. The minimum absolute atomic E-state index is 0.0964. The van der Waals surface area contributed by atoms with Crippen LogP contribution in [0.5, 0.6) is 0 Å². The minimum Gasteiger partial charge on any atom is -0.396 e. The molecule has 0 fully saturated rings. The lowest BCUT2D eigenvalue weighted by Crippen LogP contribution is -2.06. The summed E-state index contributed by atoms with van der Waals surface area (Å²) in [6.45, 7) is 0.123. The van der Waals surface area contributed by atoms with Crippen molar-refractivity contribution in [1.29, 1.82) is 0 Å². The van der Waals surface area contributed by atoms with Gasteiger partial charge in [0.05, 0.1) is 12.1 Å². The molecule has 0 saturated heterocycles. The number of aliphatic hydroxyl groups excluding tert-OH is 1. The normalized spacial score (nSPS) is 12.6. The van der Waals surface area contributed by atoms with Crippen molar-refractivity contribution < 1.29 is 5.11 Å². The molecule has 4 heteroatoms. The van der Waals surface area contributed by atoms with Crippen LogP contribution in [0.1, 0.15) is 16.4 Å². The summed E-state index contributed by atoms with van der Waals surface area (Å²) in [5, 5.41) is 10.1. The van der Waals surface area contributed by atoms with Crippen LogP contribution in [0.15, 0.2) is 36.0 Å². The van der Waals surface area contributed by atoms with E-state index in [4.69, 9.17) is 11.6 Å². The van der Waals surface area contributed by atoms with Gasteiger partial charge >= 0.3 is 0 Å². The molecule has 0 spiro atoms. The van der Waals surface area contributed by atoms with Crippen LogP contribution in [0.2, 0.25) is 5.02 Å². The van der Waals surface area contributed by atoms with E-state index in [1.807, 2.05) is 36.0 Å². The first-order valence-corrected chi connectivity index (χ1v) is 6.29. The number of thiazole rings is 1. The topological polar surface area (TPSA) is 33.1 Å². The predicted octanol–water partition coefficient (Wildman–Crippen LogP) is 3.12. The number of hydrogen-bond donors (Lipinski definition) is 1. The summed E-state index contributed by atoms with van der Waals surface area (Å²) >= 11 is 7.55. The van der Waals surface area contributed by atoms with E-state index in [0.717, 1.165) is 12.0 Å². The third kappa shape index (κ3) is 2.82. The number of aliphatic hydroxyl groups is 1. The summed E-state index contributed by atoms with van der Waals surface area (Å²) in [6.07, 6.45) is 2.65. The van der Waals surface area contributed by atoms with Gasteiger partial charge in [-0.2, -0.15) is 0 Å². The Hall–Kier alpha value is -0.900. The minimum atomic E-state index is 0.0964. The lowest BCUT2D eigenvalue weighted by atomic mass is 9.96. The third-order valence-corrected chi connectivity index (χ3v) is 3.51. The fourth-order valence-corrected chi connectivity index (χ4v) is 2.51. The molecule has 0 saturated carbocycles. The molecule has 1 atom stereocenters. The molecule has 1 aromatic carbocycles. The van der Waals surface area contributed by atoms with Crippen LogP contribution in [0.3, 0.4) is 0 Å². The van der Waals surface area contributed by atoms with Crippen molar-refractivity contribution in [2.75, 3.05) is 6.61 Å². The highest BCUT2D eigenvalue weighted by Crippen LogP contribution is 2.24. The Morgan fingerprint density at radius 2 is 2.31 bits per heavy atom. The van der Waals surface area contributed by atoms with Crippen molar-refractivity contribution in [3.05, 3.63) is 51.4 Å². The van der Waals surface area contributed by atoms with Crippen molar-refractivity contribution in [2.24, 2.45) is 0 Å². The smallest absolute Gasteiger partial charge is 0.0794 e. The van der Waals surface area contributed by atoms with Crippen LogP contribution < -0.4 is 0 Å². The van der Waals surface area contributed by atoms with Crippen LogP contribution in [0, 0.1) is 0 Å². The van der Waals surface area contributed by atoms with Gasteiger partial charge in [0.15, 0.2) is 0 Å². The molecule has 0 aliphatic heterocycles. The van der Waals surface area contributed by atoms with Gasteiger partial charge in [0.25, 0.3) is 0 Å². The van der Waals surface area contributed by atoms with E-state index in [0.29, 0.717) is 5.02 Å². The van der Waals surface area contributed by atoms with Crippen molar-refractivity contribution in [1.82, 2.24) is 4.98 Å². The zero-order valence-corrected chi connectivity index (χ0v) is 10.2. The first-order chi connectivity index (χ1) is 7.79. The summed E-state index contributed by atoms with van der Waals surface area (Å²) in [7, 11) is 0. The Bertz CT molecular complexity index is 444. The fourth-order valence-electron chi connectivity index (χ4n) is 1.63. The van der Waals surface area contributed by atoms with E-state index >= 15 is 0 Å². The number of halogens is 1. The number of benzene rings is 1. The SMILES string of the molecule is OCC(Cc1cncs1)c1cccc(Cl)c1. The second kappa shape index (κ2) is 5.43. The van der Waals surface area contributed by atoms with E-state index in [-0.39, 0.29) is 12.5 Å². The van der Waals surface area contributed by atoms with E-state index in [9.17, 15) is 5.11 Å². The number of nitrogens with zero attached hydrogens (tertiary/aromatic N) is 1. The van der Waals surface area contributed by atoms with Crippen LogP contribution >= 0.6 is 22.9 Å². The zero-order chi connectivity index (χ0) is 11.4. The quantitative estimate of drug-likeness (QED) is 0.908. The van der Waals surface area contributed by atoms with Crippen molar-refractivity contribution in [2.45, 2.75) is 12.3 Å². The molecule has 0 bridgehead atoms. The Morgan fingerprint density at radius 1 is 1.44 bits per heavy atom. The van der Waals surface area contributed by atoms with Gasteiger partial charge < -0.3 is 5.11 Å². The van der Waals surface area contributed by atoms with Gasteiger partial charge in [-0.3, -0.25) is 4.98 Å². The average molecular weight is 254 g/mol. The highest BCUT2D eigenvalue weighted by Gasteiger charge is 2.12. The van der Waals surface area contributed by atoms with E-state index in [1.165, 1.54) is 4.88 Å². The molecule has 0 amide bonds. The lowest BCUT2D eigenvalue weighted by molar-refractivity contribution is 0.265. The molecule has 16 heavy (non-hydrogen) atoms. The van der Waals surface area contributed by atoms with Crippen molar-refractivity contribution in [3.8, 4) is 0 Å². The third-order valence-electron chi connectivity index (χ3n) is 2.47. The van der Waals surface area contributed by atoms with Gasteiger partial charge in [-0.15, -0.1) is 11.3 Å². The van der Waals surface area contributed by atoms with E-state index in [2.05, 4.69) is 4.98 Å². The highest BCUT2D eigenvalue weighted by molar-refractivity contribution is 7.09. The molecular formula is C12H12ClNOS. The Kier molecular flexibility index (Phi) is 3.93. The summed E-state index contributed by atoms with van der Waals surface area (Å²) < 4.78 is 0. The number of rotatable bonds is 4. The van der Waals surface area contributed by atoms with Crippen LogP contribution in [-0.2, 0) is 6.42 Å². The van der Waals surface area contributed by atoms with E-state index in [1.54, 1.807) is 11.3 Å². The van der Waals surface area contributed by atoms with E-state index < -0.39 is 0 Å². The molecule has 84 valence electrons. The monoisotopic (exact) mass is 253 g/mol. The standard InChI is InChI=1S/C12H12ClNOS/c13-11-3-1-2-9(4-11)10(7-15)5-12-6-14-8-16-12/h1-4,6,8,10,15H,5,7H2. The summed E-state index contributed by atoms with van der Waals surface area (Å²) in [6, 6.07) is 7.65. The Morgan fingerprint density at radius 3 is 2.94 bits per heavy atom. The van der Waals surface area contributed by atoms with Gasteiger partial charge in [-0.1, -0.05) is 23.7 Å². The molecule has 1 aromatic heterocycles. The summed E-state index contributed by atoms with van der Waals surface area (Å²) in [5.41, 5.74) is 2.88. The lowest BCUT2D eigenvalue weighted by Gasteiger charge is -2.13. The molecule has 1 N–H and O–H groups in total. The molecule has 1 heterocycles. The average Bonchev–Trinajstić information content (AvgIpc) is 2.78. The maximum absolute atomic E-state index is 9.41. The zero-order valence-electron chi connectivity index (χ0n) is 8.64. The number of hydrogen-bond acceptors (Lipinski definition) is 3. The van der Waals surface area contributed by atoms with Crippen molar-refractivity contribution >= 4 is 22.9 Å².